The summed E-state index contributed by atoms with van der Waals surface area (Å²) in [6.45, 7) is 1.81. The molecule has 0 bridgehead atoms. The van der Waals surface area contributed by atoms with E-state index in [4.69, 9.17) is 5.73 Å². The molecule has 2 aromatic carbocycles. The predicted molar refractivity (Wildman–Crippen MR) is 68.0 cm³/mol. The number of rotatable bonds is 3. The van der Waals surface area contributed by atoms with Gasteiger partial charge in [0.2, 0.25) is 5.82 Å². The normalized spacial score (nSPS) is 12.5. The van der Waals surface area contributed by atoms with Gasteiger partial charge in [-0.05, 0) is 18.9 Å². The third kappa shape index (κ3) is 2.90. The Morgan fingerprint density at radius 1 is 0.905 bits per heavy atom. The van der Waals surface area contributed by atoms with E-state index in [0.29, 0.717) is 5.56 Å². The van der Waals surface area contributed by atoms with Crippen LogP contribution in [0.2, 0.25) is 0 Å². The van der Waals surface area contributed by atoms with Gasteiger partial charge in [0, 0.05) is 11.6 Å². The van der Waals surface area contributed by atoms with E-state index in [9.17, 15) is 22.0 Å². The van der Waals surface area contributed by atoms with Gasteiger partial charge in [0.1, 0.15) is 0 Å². The molecule has 21 heavy (non-hydrogen) atoms. The number of hydrogen-bond donors (Lipinski definition) is 1. The van der Waals surface area contributed by atoms with Crippen LogP contribution in [0.1, 0.15) is 22.7 Å². The van der Waals surface area contributed by atoms with Crippen LogP contribution in [0.4, 0.5) is 22.0 Å². The molecule has 2 aromatic rings. The van der Waals surface area contributed by atoms with Crippen LogP contribution in [0.25, 0.3) is 0 Å². The first-order valence-corrected chi connectivity index (χ1v) is 6.15. The van der Waals surface area contributed by atoms with Crippen molar-refractivity contribution in [3.05, 3.63) is 70.0 Å². The van der Waals surface area contributed by atoms with Crippen LogP contribution in [-0.2, 0) is 6.42 Å². The van der Waals surface area contributed by atoms with Crippen LogP contribution in [-0.4, -0.2) is 0 Å². The summed E-state index contributed by atoms with van der Waals surface area (Å²) in [6.07, 6.45) is -0.0416. The molecule has 1 unspecified atom stereocenters. The maximum absolute atomic E-state index is 13.6. The van der Waals surface area contributed by atoms with Gasteiger partial charge in [-0.1, -0.05) is 29.8 Å². The van der Waals surface area contributed by atoms with Gasteiger partial charge in [-0.25, -0.2) is 22.0 Å². The molecule has 1 atom stereocenters. The second kappa shape index (κ2) is 5.81. The molecule has 0 aliphatic carbocycles. The molecule has 0 fully saturated rings. The first-order chi connectivity index (χ1) is 9.82. The molecule has 0 radical (unpaired) electrons. The van der Waals surface area contributed by atoms with E-state index in [1.165, 1.54) is 0 Å². The lowest BCUT2D eigenvalue weighted by molar-refractivity contribution is 0.363. The predicted octanol–water partition coefficient (Wildman–Crippen LogP) is 3.93. The minimum Gasteiger partial charge on any atom is -0.323 e. The number of nitrogens with two attached hydrogens (primary N) is 1. The summed E-state index contributed by atoms with van der Waals surface area (Å²) in [7, 11) is 0. The van der Waals surface area contributed by atoms with Crippen LogP contribution >= 0.6 is 0 Å². The third-order valence-corrected chi connectivity index (χ3v) is 3.15. The number of hydrogen-bond acceptors (Lipinski definition) is 1. The molecule has 112 valence electrons. The van der Waals surface area contributed by atoms with E-state index in [0.717, 1.165) is 5.56 Å². The molecule has 0 aliphatic heterocycles. The van der Waals surface area contributed by atoms with Crippen molar-refractivity contribution in [1.82, 2.24) is 0 Å². The fourth-order valence-electron chi connectivity index (χ4n) is 2.14. The van der Waals surface area contributed by atoms with E-state index in [2.05, 4.69) is 0 Å². The fourth-order valence-corrected chi connectivity index (χ4v) is 2.14. The van der Waals surface area contributed by atoms with Crippen molar-refractivity contribution in [2.45, 2.75) is 19.4 Å². The minimum atomic E-state index is -2.18. The molecular weight excluding hydrogens is 289 g/mol. The summed E-state index contributed by atoms with van der Waals surface area (Å²) in [6, 6.07) is 5.59. The Morgan fingerprint density at radius 2 is 1.43 bits per heavy atom. The van der Waals surface area contributed by atoms with Gasteiger partial charge in [0.15, 0.2) is 23.3 Å². The van der Waals surface area contributed by atoms with E-state index in [1.54, 1.807) is 18.2 Å². The maximum atomic E-state index is 13.6. The molecule has 6 heteroatoms. The summed E-state index contributed by atoms with van der Waals surface area (Å²) in [5.74, 6) is -9.92. The molecule has 0 aliphatic rings. The number of aryl methyl sites for hydroxylation is 1. The molecule has 1 nitrogen and oxygen atoms in total. The maximum Gasteiger partial charge on any atom is 0.200 e. The molecule has 0 heterocycles. The lowest BCUT2D eigenvalue weighted by Gasteiger charge is -2.15. The van der Waals surface area contributed by atoms with Crippen LogP contribution in [0.5, 0.6) is 0 Å². The van der Waals surface area contributed by atoms with Gasteiger partial charge in [-0.15, -0.1) is 0 Å². The monoisotopic (exact) mass is 301 g/mol. The van der Waals surface area contributed by atoms with Gasteiger partial charge in [-0.2, -0.15) is 0 Å². The number of benzene rings is 2. The summed E-state index contributed by atoms with van der Waals surface area (Å²) in [5, 5.41) is 0. The van der Waals surface area contributed by atoms with Crippen molar-refractivity contribution in [3.8, 4) is 0 Å². The van der Waals surface area contributed by atoms with E-state index in [-0.39, 0.29) is 6.42 Å². The molecule has 0 spiro atoms. The van der Waals surface area contributed by atoms with Crippen molar-refractivity contribution < 1.29 is 22.0 Å². The van der Waals surface area contributed by atoms with Crippen molar-refractivity contribution >= 4 is 0 Å². The minimum absolute atomic E-state index is 0.0416. The van der Waals surface area contributed by atoms with Crippen LogP contribution in [0.15, 0.2) is 24.3 Å². The zero-order valence-electron chi connectivity index (χ0n) is 11.1. The molecule has 0 aromatic heterocycles. The Kier molecular flexibility index (Phi) is 4.27. The first-order valence-electron chi connectivity index (χ1n) is 6.15. The van der Waals surface area contributed by atoms with Crippen molar-refractivity contribution in [2.75, 3.05) is 0 Å². The Morgan fingerprint density at radius 3 is 1.95 bits per heavy atom. The van der Waals surface area contributed by atoms with Crippen LogP contribution in [0.3, 0.4) is 0 Å². The second-order valence-electron chi connectivity index (χ2n) is 4.78. The van der Waals surface area contributed by atoms with Crippen molar-refractivity contribution in [2.24, 2.45) is 5.73 Å². The highest BCUT2D eigenvalue weighted by Crippen LogP contribution is 2.28. The van der Waals surface area contributed by atoms with E-state index < -0.39 is 40.7 Å². The third-order valence-electron chi connectivity index (χ3n) is 3.15. The molecule has 0 saturated heterocycles. The van der Waals surface area contributed by atoms with E-state index in [1.807, 2.05) is 13.0 Å². The zero-order valence-corrected chi connectivity index (χ0v) is 11.1. The zero-order chi connectivity index (χ0) is 15.7. The molecule has 2 N–H and O–H groups in total. The summed E-state index contributed by atoms with van der Waals surface area (Å²) < 4.78 is 66.5. The standard InChI is InChI=1S/C15H12F5N/c1-7-3-2-4-8(5-7)6-9(21)10-11(16)13(18)15(20)14(19)12(10)17/h2-5,9H,6,21H2,1H3. The fraction of sp³-hybridized carbons (Fsp3) is 0.200. The first kappa shape index (κ1) is 15.4. The lowest BCUT2D eigenvalue weighted by Crippen LogP contribution is -2.20. The average molecular weight is 301 g/mol. The molecule has 0 amide bonds. The van der Waals surface area contributed by atoms with Crippen molar-refractivity contribution in [3.63, 3.8) is 0 Å². The van der Waals surface area contributed by atoms with E-state index >= 15 is 0 Å². The van der Waals surface area contributed by atoms with Crippen LogP contribution < -0.4 is 5.73 Å². The van der Waals surface area contributed by atoms with Gasteiger partial charge in [-0.3, -0.25) is 0 Å². The highest BCUT2D eigenvalue weighted by atomic mass is 19.2. The highest BCUT2D eigenvalue weighted by Gasteiger charge is 2.28. The highest BCUT2D eigenvalue weighted by molar-refractivity contribution is 5.30. The topological polar surface area (TPSA) is 26.0 Å². The average Bonchev–Trinajstić information content (AvgIpc) is 2.43. The summed E-state index contributed by atoms with van der Waals surface area (Å²) in [5.41, 5.74) is 6.18. The second-order valence-corrected chi connectivity index (χ2v) is 4.78. The quantitative estimate of drug-likeness (QED) is 0.519. The van der Waals surface area contributed by atoms with Gasteiger partial charge in [0.25, 0.3) is 0 Å². The van der Waals surface area contributed by atoms with Gasteiger partial charge >= 0.3 is 0 Å². The largest absolute Gasteiger partial charge is 0.323 e. The van der Waals surface area contributed by atoms with Crippen molar-refractivity contribution in [1.29, 1.82) is 0 Å². The smallest absolute Gasteiger partial charge is 0.200 e. The van der Waals surface area contributed by atoms with Crippen LogP contribution in [0, 0.1) is 36.0 Å². The Labute approximate surface area is 118 Å². The molecular formula is C15H12F5N. The van der Waals surface area contributed by atoms with Gasteiger partial charge < -0.3 is 5.73 Å². The summed E-state index contributed by atoms with van der Waals surface area (Å²) >= 11 is 0. The molecule has 0 saturated carbocycles. The number of halogens is 5. The Hall–Kier alpha value is -1.95. The Bertz CT molecular complexity index is 655. The SMILES string of the molecule is Cc1cccc(CC(N)c2c(F)c(F)c(F)c(F)c2F)c1. The summed E-state index contributed by atoms with van der Waals surface area (Å²) in [4.78, 5) is 0. The Balaban J connectivity index is 2.42. The van der Waals surface area contributed by atoms with Gasteiger partial charge in [0.05, 0.1) is 0 Å². The lowest BCUT2D eigenvalue weighted by atomic mass is 9.97. The molecule has 2 rings (SSSR count).